The summed E-state index contributed by atoms with van der Waals surface area (Å²) in [5.41, 5.74) is 10.4. The summed E-state index contributed by atoms with van der Waals surface area (Å²) in [4.78, 5) is 38.3. The molecule has 0 saturated heterocycles. The number of Topliss-reactive ketones (excluding diaryl/α,β-unsaturated/α-hetero) is 1. The number of ketones is 1. The van der Waals surface area contributed by atoms with Gasteiger partial charge in [-0.1, -0.05) is 48.4 Å². The van der Waals surface area contributed by atoms with E-state index in [0.717, 1.165) is 97.7 Å². The third-order valence-corrected chi connectivity index (χ3v) is 11.5. The van der Waals surface area contributed by atoms with Crippen LogP contribution in [0.25, 0.3) is 6.08 Å². The van der Waals surface area contributed by atoms with Gasteiger partial charge in [0.25, 0.3) is 0 Å². The van der Waals surface area contributed by atoms with Crippen LogP contribution in [-0.4, -0.2) is 24.1 Å². The molecule has 242 valence electrons. The van der Waals surface area contributed by atoms with E-state index < -0.39 is 0 Å². The summed E-state index contributed by atoms with van der Waals surface area (Å²) in [7, 11) is 0. The largest absolute Gasteiger partial charge is 0.352 e. The van der Waals surface area contributed by atoms with Crippen LogP contribution in [0.4, 0.5) is 5.69 Å². The van der Waals surface area contributed by atoms with Gasteiger partial charge in [-0.15, -0.1) is 0 Å². The number of carbonyl (C=O) groups excluding carboxylic acids is 3. The molecule has 5 nitrogen and oxygen atoms in total. The Kier molecular flexibility index (Phi) is 9.77. The highest BCUT2D eigenvalue weighted by molar-refractivity contribution is 6.00. The summed E-state index contributed by atoms with van der Waals surface area (Å²) in [6, 6.07) is 12.4. The molecule has 4 aliphatic rings. The van der Waals surface area contributed by atoms with Crippen LogP contribution < -0.4 is 10.6 Å². The number of hydrogen-bond acceptors (Lipinski definition) is 3. The molecule has 2 fully saturated rings. The highest BCUT2D eigenvalue weighted by atomic mass is 16.2. The fraction of sp³-hybridized carbons (Fsp3) is 0.488. The molecule has 2 amide bonds. The average molecular weight is 619 g/mol. The van der Waals surface area contributed by atoms with Crippen LogP contribution in [0.2, 0.25) is 0 Å². The van der Waals surface area contributed by atoms with Crippen LogP contribution in [0.1, 0.15) is 117 Å². The Morgan fingerprint density at radius 1 is 1.02 bits per heavy atom. The molecule has 2 saturated carbocycles. The number of anilines is 1. The fourth-order valence-electron chi connectivity index (χ4n) is 8.10. The Labute approximate surface area is 275 Å². The summed E-state index contributed by atoms with van der Waals surface area (Å²) in [5, 5.41) is 6.20. The molecule has 6 rings (SSSR count). The number of nitrogens with one attached hydrogen (secondary N) is 2. The molecule has 46 heavy (non-hydrogen) atoms. The second-order valence-electron chi connectivity index (χ2n) is 14.5. The molecule has 2 N–H and O–H groups in total. The quantitative estimate of drug-likeness (QED) is 0.159. The molecule has 1 aliphatic heterocycles. The Hall–Kier alpha value is -3.73. The first-order valence-electron chi connectivity index (χ1n) is 17.6. The zero-order valence-electron chi connectivity index (χ0n) is 27.8. The van der Waals surface area contributed by atoms with E-state index in [1.54, 1.807) is 11.1 Å². The van der Waals surface area contributed by atoms with Crippen molar-refractivity contribution < 1.29 is 14.4 Å². The number of amides is 2. The van der Waals surface area contributed by atoms with Crippen molar-refractivity contribution in [3.05, 3.63) is 93.6 Å². The molecule has 1 heterocycles. The molecule has 5 heteroatoms. The smallest absolute Gasteiger partial charge is 0.247 e. The second-order valence-corrected chi connectivity index (χ2v) is 14.5. The summed E-state index contributed by atoms with van der Waals surface area (Å²) in [6.45, 7) is 8.55. The van der Waals surface area contributed by atoms with Gasteiger partial charge in [-0.05, 0) is 149 Å². The molecule has 2 aromatic rings. The van der Waals surface area contributed by atoms with E-state index in [1.807, 2.05) is 25.1 Å². The standard InChI is InChI=1S/C41H50N2O3/c1-4-39(45)43-37-24-30(10-14-31(37)13-9-29-11-17-35-28(3)36(35)18-12-29)7-5-8-38(44)34-16-15-32-23-27(2)40(46)42-26-41(20-6-21-41)22-19-33(32)25-34/h4,10,14-16,23-25,29,35H,1,5-9,11-13,17-22,26H2,2-3H3,(H,42,46)(H,43,45). The van der Waals surface area contributed by atoms with Crippen LogP contribution in [0.5, 0.6) is 0 Å². The minimum Gasteiger partial charge on any atom is -0.352 e. The number of fused-ring (bicyclic) bond motifs is 2. The van der Waals surface area contributed by atoms with Gasteiger partial charge in [0, 0.05) is 35.7 Å². The number of rotatable bonds is 10. The molecular weight excluding hydrogens is 568 g/mol. The van der Waals surface area contributed by atoms with Crippen LogP contribution >= 0.6 is 0 Å². The van der Waals surface area contributed by atoms with Crippen molar-refractivity contribution in [1.29, 1.82) is 0 Å². The lowest BCUT2D eigenvalue weighted by Crippen LogP contribution is -2.43. The van der Waals surface area contributed by atoms with E-state index in [-0.39, 0.29) is 23.0 Å². The summed E-state index contributed by atoms with van der Waals surface area (Å²) in [6.07, 6.45) is 18.0. The number of aryl methyl sites for hydroxylation is 3. The van der Waals surface area contributed by atoms with Gasteiger partial charge in [-0.2, -0.15) is 0 Å². The molecule has 3 aliphatic carbocycles. The topological polar surface area (TPSA) is 75.3 Å². The molecule has 1 spiro atoms. The van der Waals surface area contributed by atoms with Crippen molar-refractivity contribution in [1.82, 2.24) is 5.32 Å². The van der Waals surface area contributed by atoms with Gasteiger partial charge in [-0.3, -0.25) is 14.4 Å². The van der Waals surface area contributed by atoms with Crippen LogP contribution in [0.3, 0.4) is 0 Å². The highest BCUT2D eigenvalue weighted by Crippen LogP contribution is 2.49. The lowest BCUT2D eigenvalue weighted by Gasteiger charge is -2.42. The third-order valence-electron chi connectivity index (χ3n) is 11.5. The number of carbonyl (C=O) groups is 3. The van der Waals surface area contributed by atoms with Crippen LogP contribution in [0.15, 0.2) is 65.8 Å². The average Bonchev–Trinajstić information content (AvgIpc) is 3.72. The van der Waals surface area contributed by atoms with Crippen molar-refractivity contribution in [2.45, 2.75) is 104 Å². The van der Waals surface area contributed by atoms with Gasteiger partial charge in [0.2, 0.25) is 11.8 Å². The number of hydrogen-bond donors (Lipinski definition) is 2. The number of benzene rings is 2. The minimum absolute atomic E-state index is 0.00322. The normalized spacial score (nSPS) is 22.0. The first-order valence-corrected chi connectivity index (χ1v) is 17.6. The van der Waals surface area contributed by atoms with E-state index in [4.69, 9.17) is 0 Å². The molecule has 2 atom stereocenters. The maximum absolute atomic E-state index is 13.4. The lowest BCUT2D eigenvalue weighted by atomic mass is 9.65. The Bertz CT molecular complexity index is 1590. The van der Waals surface area contributed by atoms with Crippen molar-refractivity contribution in [3.8, 4) is 0 Å². The van der Waals surface area contributed by atoms with Crippen LogP contribution in [0, 0.1) is 17.3 Å². The van der Waals surface area contributed by atoms with E-state index in [9.17, 15) is 14.4 Å². The Balaban J connectivity index is 1.08. The monoisotopic (exact) mass is 618 g/mol. The third kappa shape index (κ3) is 7.45. The number of allylic oxidation sites excluding steroid dienone is 2. The first kappa shape index (κ1) is 32.2. The van der Waals surface area contributed by atoms with Gasteiger partial charge < -0.3 is 10.6 Å². The predicted molar refractivity (Wildman–Crippen MR) is 187 cm³/mol. The summed E-state index contributed by atoms with van der Waals surface area (Å²) >= 11 is 0. The Morgan fingerprint density at radius 2 is 1.87 bits per heavy atom. The van der Waals surface area contributed by atoms with Crippen molar-refractivity contribution in [3.63, 3.8) is 0 Å². The van der Waals surface area contributed by atoms with Crippen molar-refractivity contribution in [2.24, 2.45) is 17.3 Å². The maximum atomic E-state index is 13.4. The van der Waals surface area contributed by atoms with E-state index in [1.165, 1.54) is 43.7 Å². The van der Waals surface area contributed by atoms with E-state index >= 15 is 0 Å². The molecule has 2 unspecified atom stereocenters. The molecule has 0 bridgehead atoms. The SMILES string of the molecule is C=CC(=O)Nc1cc(CCCC(=O)c2ccc3c(c2)CCC2(CCC2)CNC(=O)C(C)=C3)ccc1CCC1CCC2=C(C)C2CC1. The van der Waals surface area contributed by atoms with Gasteiger partial charge in [-0.25, -0.2) is 0 Å². The summed E-state index contributed by atoms with van der Waals surface area (Å²) < 4.78 is 0. The van der Waals surface area contributed by atoms with Gasteiger partial charge in [0.15, 0.2) is 5.78 Å². The molecule has 2 aromatic carbocycles. The summed E-state index contributed by atoms with van der Waals surface area (Å²) in [5.74, 6) is 1.51. The zero-order valence-corrected chi connectivity index (χ0v) is 27.8. The first-order chi connectivity index (χ1) is 22.2. The van der Waals surface area contributed by atoms with Gasteiger partial charge >= 0.3 is 0 Å². The van der Waals surface area contributed by atoms with Crippen molar-refractivity contribution >= 4 is 29.4 Å². The minimum atomic E-state index is -0.190. The van der Waals surface area contributed by atoms with Crippen molar-refractivity contribution in [2.75, 3.05) is 11.9 Å². The highest BCUT2D eigenvalue weighted by Gasteiger charge is 2.37. The maximum Gasteiger partial charge on any atom is 0.247 e. The lowest BCUT2D eigenvalue weighted by molar-refractivity contribution is -0.118. The molecular formula is C41H50N2O3. The van der Waals surface area contributed by atoms with Crippen LogP contribution in [-0.2, 0) is 28.9 Å². The zero-order chi connectivity index (χ0) is 32.3. The molecule has 0 radical (unpaired) electrons. The van der Waals surface area contributed by atoms with E-state index in [2.05, 4.69) is 48.4 Å². The van der Waals surface area contributed by atoms with Gasteiger partial charge in [0.05, 0.1) is 0 Å². The fourth-order valence-corrected chi connectivity index (χ4v) is 8.10. The Morgan fingerprint density at radius 3 is 2.65 bits per heavy atom. The van der Waals surface area contributed by atoms with E-state index in [0.29, 0.717) is 12.0 Å². The second kappa shape index (κ2) is 13.9. The van der Waals surface area contributed by atoms with Gasteiger partial charge in [0.1, 0.15) is 0 Å². The predicted octanol–water partition coefficient (Wildman–Crippen LogP) is 8.72. The molecule has 0 aromatic heterocycles.